The fraction of sp³-hybridized carbons (Fsp3) is 0.250. The summed E-state index contributed by atoms with van der Waals surface area (Å²) in [5.41, 5.74) is 6.87. The third-order valence-electron chi connectivity index (χ3n) is 5.23. The van der Waals surface area contributed by atoms with E-state index >= 15 is 0 Å². The van der Waals surface area contributed by atoms with Gasteiger partial charge in [-0.2, -0.15) is 0 Å². The van der Waals surface area contributed by atoms with Gasteiger partial charge in [0.25, 0.3) is 0 Å². The molecule has 0 bridgehead atoms. The molecule has 0 N–H and O–H groups in total. The van der Waals surface area contributed by atoms with Crippen LogP contribution in [0.4, 0.5) is 0 Å². The first kappa shape index (κ1) is 16.5. The lowest BCUT2D eigenvalue weighted by atomic mass is 9.75. The normalized spacial score (nSPS) is 12.8. The zero-order chi connectivity index (χ0) is 17.2. The van der Waals surface area contributed by atoms with Crippen molar-refractivity contribution in [1.82, 2.24) is 0 Å². The Morgan fingerprint density at radius 2 is 1.29 bits per heavy atom. The molecule has 0 saturated heterocycles. The summed E-state index contributed by atoms with van der Waals surface area (Å²) in [7, 11) is 0. The van der Waals surface area contributed by atoms with Crippen LogP contribution in [-0.2, 0) is 5.41 Å². The van der Waals surface area contributed by atoms with Gasteiger partial charge in [0.2, 0.25) is 0 Å². The summed E-state index contributed by atoms with van der Waals surface area (Å²) in [5, 5.41) is 0. The van der Waals surface area contributed by atoms with Gasteiger partial charge in [-0.3, -0.25) is 0 Å². The molecule has 24 heavy (non-hydrogen) atoms. The van der Waals surface area contributed by atoms with E-state index in [2.05, 4.69) is 107 Å². The van der Waals surface area contributed by atoms with Gasteiger partial charge >= 0.3 is 0 Å². The van der Waals surface area contributed by atoms with Crippen LogP contribution in [0.2, 0.25) is 0 Å². The molecule has 0 fully saturated rings. The Morgan fingerprint density at radius 3 is 1.92 bits per heavy atom. The highest BCUT2D eigenvalue weighted by Gasteiger charge is 2.25. The van der Waals surface area contributed by atoms with Gasteiger partial charge in [0.15, 0.2) is 0 Å². The summed E-state index contributed by atoms with van der Waals surface area (Å²) in [6, 6.07) is 28.5. The molecule has 0 aliphatic carbocycles. The SMILES string of the molecule is Cc1ccc(C(C)c2ccccc2)cc1C(C)(C)c1ccccc1. The molecule has 0 aromatic heterocycles. The van der Waals surface area contributed by atoms with Crippen molar-refractivity contribution in [1.29, 1.82) is 0 Å². The third-order valence-corrected chi connectivity index (χ3v) is 5.23. The topological polar surface area (TPSA) is 0 Å². The van der Waals surface area contributed by atoms with Gasteiger partial charge in [-0.25, -0.2) is 0 Å². The predicted octanol–water partition coefficient (Wildman–Crippen LogP) is 6.47. The second-order valence-electron chi connectivity index (χ2n) is 7.20. The minimum atomic E-state index is -0.00222. The average Bonchev–Trinajstić information content (AvgIpc) is 2.63. The summed E-state index contributed by atoms with van der Waals surface area (Å²) in [5.74, 6) is 0.400. The van der Waals surface area contributed by atoms with Gasteiger partial charge in [-0.15, -0.1) is 0 Å². The highest BCUT2D eigenvalue weighted by Crippen LogP contribution is 2.36. The van der Waals surface area contributed by atoms with E-state index in [4.69, 9.17) is 0 Å². The van der Waals surface area contributed by atoms with Crippen LogP contribution in [0.5, 0.6) is 0 Å². The zero-order valence-electron chi connectivity index (χ0n) is 15.1. The molecule has 0 saturated carbocycles. The van der Waals surface area contributed by atoms with Crippen LogP contribution >= 0.6 is 0 Å². The quantitative estimate of drug-likeness (QED) is 0.517. The van der Waals surface area contributed by atoms with Gasteiger partial charge < -0.3 is 0 Å². The minimum Gasteiger partial charge on any atom is -0.0622 e. The molecule has 122 valence electrons. The lowest BCUT2D eigenvalue weighted by Crippen LogP contribution is -2.20. The Labute approximate surface area is 146 Å². The van der Waals surface area contributed by atoms with Gasteiger partial charge in [0.1, 0.15) is 0 Å². The Hall–Kier alpha value is -2.34. The first-order valence-electron chi connectivity index (χ1n) is 8.71. The minimum absolute atomic E-state index is 0.00222. The van der Waals surface area contributed by atoms with E-state index in [0.29, 0.717) is 5.92 Å². The molecule has 1 atom stereocenters. The second-order valence-corrected chi connectivity index (χ2v) is 7.20. The van der Waals surface area contributed by atoms with Gasteiger partial charge in [-0.05, 0) is 34.7 Å². The largest absolute Gasteiger partial charge is 0.0622 e. The lowest BCUT2D eigenvalue weighted by Gasteiger charge is -2.29. The Bertz CT molecular complexity index is 798. The molecule has 3 aromatic carbocycles. The first-order valence-corrected chi connectivity index (χ1v) is 8.71. The molecule has 0 nitrogen and oxygen atoms in total. The van der Waals surface area contributed by atoms with Crippen molar-refractivity contribution in [3.63, 3.8) is 0 Å². The molecule has 3 aromatic rings. The van der Waals surface area contributed by atoms with Crippen LogP contribution in [0.3, 0.4) is 0 Å². The van der Waals surface area contributed by atoms with Crippen molar-refractivity contribution in [3.05, 3.63) is 107 Å². The summed E-state index contributed by atoms with van der Waals surface area (Å²) in [6.45, 7) is 9.15. The Kier molecular flexibility index (Phi) is 4.57. The van der Waals surface area contributed by atoms with Crippen LogP contribution < -0.4 is 0 Å². The number of benzene rings is 3. The number of rotatable bonds is 4. The highest BCUT2D eigenvalue weighted by molar-refractivity contribution is 5.45. The van der Waals surface area contributed by atoms with E-state index in [0.717, 1.165) is 0 Å². The molecule has 0 aliphatic heterocycles. The zero-order valence-corrected chi connectivity index (χ0v) is 15.1. The molecular weight excluding hydrogens is 288 g/mol. The van der Waals surface area contributed by atoms with Crippen molar-refractivity contribution in [2.75, 3.05) is 0 Å². The molecule has 0 heterocycles. The van der Waals surface area contributed by atoms with Crippen LogP contribution in [-0.4, -0.2) is 0 Å². The van der Waals surface area contributed by atoms with E-state index in [1.165, 1.54) is 27.8 Å². The molecule has 0 radical (unpaired) electrons. The maximum Gasteiger partial charge on any atom is 0.0149 e. The maximum absolute atomic E-state index is 2.40. The van der Waals surface area contributed by atoms with E-state index in [-0.39, 0.29) is 5.41 Å². The molecule has 1 unspecified atom stereocenters. The fourth-order valence-corrected chi connectivity index (χ4v) is 3.53. The molecule has 0 amide bonds. The standard InChI is InChI=1S/C24H26/c1-18-15-16-21(19(2)20-11-7-5-8-12-20)17-23(18)24(3,4)22-13-9-6-10-14-22/h5-17,19H,1-4H3. The van der Waals surface area contributed by atoms with Crippen molar-refractivity contribution in [3.8, 4) is 0 Å². The van der Waals surface area contributed by atoms with Crippen LogP contribution in [0.25, 0.3) is 0 Å². The van der Waals surface area contributed by atoms with Crippen LogP contribution in [0.15, 0.2) is 78.9 Å². The summed E-state index contributed by atoms with van der Waals surface area (Å²) in [4.78, 5) is 0. The average molecular weight is 314 g/mol. The smallest absolute Gasteiger partial charge is 0.0149 e. The summed E-state index contributed by atoms with van der Waals surface area (Å²) < 4.78 is 0. The van der Waals surface area contributed by atoms with Gasteiger partial charge in [-0.1, -0.05) is 99.6 Å². The number of hydrogen-bond donors (Lipinski definition) is 0. The van der Waals surface area contributed by atoms with Gasteiger partial charge in [0, 0.05) is 11.3 Å². The maximum atomic E-state index is 2.40. The van der Waals surface area contributed by atoms with Crippen molar-refractivity contribution in [2.45, 2.75) is 39.0 Å². The Morgan fingerprint density at radius 1 is 0.708 bits per heavy atom. The summed E-state index contributed by atoms with van der Waals surface area (Å²) >= 11 is 0. The predicted molar refractivity (Wildman–Crippen MR) is 104 cm³/mol. The highest BCUT2D eigenvalue weighted by atomic mass is 14.3. The van der Waals surface area contributed by atoms with Crippen LogP contribution in [0, 0.1) is 6.92 Å². The van der Waals surface area contributed by atoms with Crippen molar-refractivity contribution >= 4 is 0 Å². The summed E-state index contributed by atoms with van der Waals surface area (Å²) in [6.07, 6.45) is 0. The van der Waals surface area contributed by atoms with E-state index in [1.54, 1.807) is 0 Å². The molecule has 0 aliphatic rings. The number of aryl methyl sites for hydroxylation is 1. The molecule has 0 spiro atoms. The first-order chi connectivity index (χ1) is 11.5. The molecule has 0 heteroatoms. The van der Waals surface area contributed by atoms with Crippen molar-refractivity contribution in [2.24, 2.45) is 0 Å². The second kappa shape index (κ2) is 6.65. The molecule has 3 rings (SSSR count). The van der Waals surface area contributed by atoms with E-state index < -0.39 is 0 Å². The fourth-order valence-electron chi connectivity index (χ4n) is 3.53. The third kappa shape index (κ3) is 3.14. The monoisotopic (exact) mass is 314 g/mol. The lowest BCUT2D eigenvalue weighted by molar-refractivity contribution is 0.634. The van der Waals surface area contributed by atoms with Crippen molar-refractivity contribution < 1.29 is 0 Å². The Balaban J connectivity index is 2.04. The molecular formula is C24H26. The number of hydrogen-bond acceptors (Lipinski definition) is 0. The van der Waals surface area contributed by atoms with Gasteiger partial charge in [0.05, 0.1) is 0 Å². The van der Waals surface area contributed by atoms with E-state index in [1.807, 2.05) is 0 Å². The van der Waals surface area contributed by atoms with E-state index in [9.17, 15) is 0 Å². The van der Waals surface area contributed by atoms with Crippen LogP contribution in [0.1, 0.15) is 54.5 Å².